The van der Waals surface area contributed by atoms with Crippen molar-refractivity contribution in [2.45, 2.75) is 77.1 Å². The predicted molar refractivity (Wildman–Crippen MR) is 159 cm³/mol. The third-order valence-electron chi connectivity index (χ3n) is 7.77. The van der Waals surface area contributed by atoms with Crippen LogP contribution < -0.4 is 5.32 Å². The number of rotatable bonds is 11. The fourth-order valence-electron chi connectivity index (χ4n) is 5.85. The lowest BCUT2D eigenvalue weighted by Crippen LogP contribution is -2.64. The fraction of sp³-hybridized carbons (Fsp3) is 0.412. The third kappa shape index (κ3) is 6.45. The van der Waals surface area contributed by atoms with Crippen LogP contribution in [0.2, 0.25) is 0 Å². The number of nitrogens with one attached hydrogen (secondary N) is 1. The predicted octanol–water partition coefficient (Wildman–Crippen LogP) is 7.38. The topological polar surface area (TPSA) is 67.9 Å². The van der Waals surface area contributed by atoms with Gasteiger partial charge in [-0.15, -0.1) is 0 Å². The average molecular weight is 543 g/mol. The van der Waals surface area contributed by atoms with E-state index in [9.17, 15) is 9.59 Å². The number of hydrogen-bond acceptors (Lipinski definition) is 6. The van der Waals surface area contributed by atoms with E-state index in [1.165, 1.54) is 0 Å². The lowest BCUT2D eigenvalue weighted by Gasteiger charge is -2.55. The Morgan fingerprint density at radius 2 is 1.38 bits per heavy atom. The molecule has 0 aliphatic carbocycles. The van der Waals surface area contributed by atoms with E-state index in [0.29, 0.717) is 5.56 Å². The largest absolute Gasteiger partial charge is 0.466 e. The summed E-state index contributed by atoms with van der Waals surface area (Å²) >= 11 is 0. The van der Waals surface area contributed by atoms with Crippen molar-refractivity contribution >= 4 is 17.4 Å². The van der Waals surface area contributed by atoms with E-state index in [1.807, 2.05) is 83.9 Å². The molecular formula is C34H42N2O4. The summed E-state index contributed by atoms with van der Waals surface area (Å²) in [7, 11) is 0. The van der Waals surface area contributed by atoms with E-state index >= 15 is 0 Å². The van der Waals surface area contributed by atoms with E-state index < -0.39 is 17.6 Å². The summed E-state index contributed by atoms with van der Waals surface area (Å²) in [4.78, 5) is 34.9. The van der Waals surface area contributed by atoms with Gasteiger partial charge < -0.3 is 10.1 Å². The molecule has 3 aromatic rings. The summed E-state index contributed by atoms with van der Waals surface area (Å²) < 4.78 is 5.67. The Morgan fingerprint density at radius 1 is 0.850 bits per heavy atom. The van der Waals surface area contributed by atoms with Crippen LogP contribution in [0.3, 0.4) is 0 Å². The molecule has 2 atom stereocenters. The summed E-state index contributed by atoms with van der Waals surface area (Å²) in [6.07, 6.45) is 2.82. The molecule has 40 heavy (non-hydrogen) atoms. The van der Waals surface area contributed by atoms with Crippen LogP contribution in [0.25, 0.3) is 0 Å². The molecule has 212 valence electrons. The second-order valence-corrected chi connectivity index (χ2v) is 11.8. The molecule has 0 bridgehead atoms. The highest BCUT2D eigenvalue weighted by atomic mass is 16.7. The van der Waals surface area contributed by atoms with Crippen LogP contribution in [0.1, 0.15) is 76.2 Å². The number of benzene rings is 3. The molecule has 1 saturated heterocycles. The first-order valence-corrected chi connectivity index (χ1v) is 14.2. The zero-order valence-electron chi connectivity index (χ0n) is 24.4. The Hall–Kier alpha value is -3.48. The van der Waals surface area contributed by atoms with Crippen LogP contribution in [0, 0.1) is 5.92 Å². The lowest BCUT2D eigenvalue weighted by atomic mass is 9.81. The SMILES string of the molecule is CCOC(=O)C(CC(=O)c1ccccc1)C(Nc1ccccc1)(ON1C(C)(C)CCCC1(C)C)c1ccccc1. The maximum Gasteiger partial charge on any atom is 0.314 e. The maximum atomic E-state index is 14.0. The Bertz CT molecular complexity index is 1240. The zero-order chi connectivity index (χ0) is 28.8. The highest BCUT2D eigenvalue weighted by Crippen LogP contribution is 2.46. The van der Waals surface area contributed by atoms with Crippen molar-refractivity contribution in [3.63, 3.8) is 0 Å². The minimum Gasteiger partial charge on any atom is -0.466 e. The molecule has 0 spiro atoms. The highest BCUT2D eigenvalue weighted by molar-refractivity contribution is 5.98. The Morgan fingerprint density at radius 3 is 1.93 bits per heavy atom. The van der Waals surface area contributed by atoms with Crippen molar-refractivity contribution in [3.8, 4) is 0 Å². The molecule has 0 radical (unpaired) electrons. The Balaban J connectivity index is 1.94. The van der Waals surface area contributed by atoms with Crippen molar-refractivity contribution < 1.29 is 19.2 Å². The standard InChI is InChI=1S/C34H42N2O4/c1-6-39-31(38)29(25-30(37)26-17-10-7-11-18-26)34(27-19-12-8-13-20-27,35-28-21-14-9-15-22-28)40-36-32(2,3)23-16-24-33(36,4)5/h7-15,17-22,29,35H,6,16,23-25H2,1-5H3. The van der Waals surface area contributed by atoms with E-state index in [-0.39, 0.29) is 29.9 Å². The van der Waals surface area contributed by atoms with E-state index in [1.54, 1.807) is 19.1 Å². The molecule has 1 fully saturated rings. The van der Waals surface area contributed by atoms with Gasteiger partial charge in [0.25, 0.3) is 0 Å². The molecular weight excluding hydrogens is 500 g/mol. The molecule has 1 N–H and O–H groups in total. The number of piperidine rings is 1. The minimum atomic E-state index is -1.45. The fourth-order valence-corrected chi connectivity index (χ4v) is 5.85. The summed E-state index contributed by atoms with van der Waals surface area (Å²) in [5.74, 6) is -1.66. The number of ketones is 1. The van der Waals surface area contributed by atoms with Gasteiger partial charge in [-0.1, -0.05) is 78.9 Å². The lowest BCUT2D eigenvalue weighted by molar-refractivity contribution is -0.343. The van der Waals surface area contributed by atoms with Gasteiger partial charge in [0, 0.05) is 34.3 Å². The van der Waals surface area contributed by atoms with Crippen LogP contribution in [0.15, 0.2) is 91.0 Å². The van der Waals surface area contributed by atoms with E-state index in [2.05, 4.69) is 33.0 Å². The number of carbonyl (C=O) groups is 2. The summed E-state index contributed by atoms with van der Waals surface area (Å²) in [6, 6.07) is 28.4. The number of Topliss-reactive ketones (excluding diaryl/α,β-unsaturated/α-hetero) is 1. The smallest absolute Gasteiger partial charge is 0.314 e. The van der Waals surface area contributed by atoms with Crippen LogP contribution in [0.4, 0.5) is 5.69 Å². The van der Waals surface area contributed by atoms with Crippen molar-refractivity contribution in [3.05, 3.63) is 102 Å². The van der Waals surface area contributed by atoms with Crippen LogP contribution >= 0.6 is 0 Å². The quantitative estimate of drug-likeness (QED) is 0.155. The number of carbonyl (C=O) groups excluding carboxylic acids is 2. The normalized spacial score (nSPS) is 18.7. The average Bonchev–Trinajstić information content (AvgIpc) is 2.94. The first kappa shape index (κ1) is 29.5. The second-order valence-electron chi connectivity index (χ2n) is 11.8. The number of nitrogens with zero attached hydrogens (tertiary/aromatic N) is 1. The molecule has 0 amide bonds. The molecule has 0 saturated carbocycles. The third-order valence-corrected chi connectivity index (χ3v) is 7.77. The van der Waals surface area contributed by atoms with Gasteiger partial charge in [-0.25, -0.2) is 0 Å². The Kier molecular flexibility index (Phi) is 9.12. The van der Waals surface area contributed by atoms with Crippen LogP contribution in [-0.4, -0.2) is 34.5 Å². The van der Waals surface area contributed by atoms with Crippen molar-refractivity contribution in [2.24, 2.45) is 5.92 Å². The molecule has 6 nitrogen and oxygen atoms in total. The first-order valence-electron chi connectivity index (χ1n) is 14.2. The van der Waals surface area contributed by atoms with Gasteiger partial charge in [0.15, 0.2) is 11.5 Å². The number of esters is 1. The van der Waals surface area contributed by atoms with Crippen LogP contribution in [-0.2, 0) is 20.1 Å². The van der Waals surface area contributed by atoms with Crippen molar-refractivity contribution in [1.82, 2.24) is 5.06 Å². The first-order chi connectivity index (χ1) is 19.1. The second kappa shape index (κ2) is 12.4. The summed E-state index contributed by atoms with van der Waals surface area (Å²) in [5.41, 5.74) is -0.0796. The summed E-state index contributed by atoms with van der Waals surface area (Å²) in [5, 5.41) is 5.66. The summed E-state index contributed by atoms with van der Waals surface area (Å²) in [6.45, 7) is 10.6. The Labute approximate surface area is 238 Å². The number of hydrogen-bond donors (Lipinski definition) is 1. The van der Waals surface area contributed by atoms with Gasteiger partial charge in [0.1, 0.15) is 5.92 Å². The van der Waals surface area contributed by atoms with E-state index in [4.69, 9.17) is 9.57 Å². The highest BCUT2D eigenvalue weighted by Gasteiger charge is 2.54. The monoisotopic (exact) mass is 542 g/mol. The maximum absolute atomic E-state index is 14.0. The number of ether oxygens (including phenoxy) is 1. The molecule has 1 aliphatic rings. The van der Waals surface area contributed by atoms with E-state index in [0.717, 1.165) is 30.5 Å². The molecule has 0 aromatic heterocycles. The van der Waals surface area contributed by atoms with Gasteiger partial charge in [-0.05, 0) is 66.0 Å². The van der Waals surface area contributed by atoms with Gasteiger partial charge in [-0.3, -0.25) is 14.4 Å². The molecule has 1 aliphatic heterocycles. The molecule has 4 rings (SSSR count). The van der Waals surface area contributed by atoms with Gasteiger partial charge >= 0.3 is 5.97 Å². The molecule has 3 aromatic carbocycles. The number of para-hydroxylation sites is 1. The minimum absolute atomic E-state index is 0.105. The zero-order valence-corrected chi connectivity index (χ0v) is 24.4. The van der Waals surface area contributed by atoms with Crippen molar-refractivity contribution in [1.29, 1.82) is 0 Å². The number of hydroxylamine groups is 2. The van der Waals surface area contributed by atoms with Gasteiger partial charge in [0.05, 0.1) is 6.61 Å². The van der Waals surface area contributed by atoms with Crippen molar-refractivity contribution in [2.75, 3.05) is 11.9 Å². The molecule has 6 heteroatoms. The number of anilines is 1. The van der Waals surface area contributed by atoms with Gasteiger partial charge in [0.2, 0.25) is 0 Å². The van der Waals surface area contributed by atoms with Gasteiger partial charge in [-0.2, -0.15) is 5.06 Å². The molecule has 2 unspecified atom stereocenters. The molecule has 1 heterocycles. The van der Waals surface area contributed by atoms with Crippen LogP contribution in [0.5, 0.6) is 0 Å².